The van der Waals surface area contributed by atoms with Crippen LogP contribution in [0.1, 0.15) is 5.82 Å². The van der Waals surface area contributed by atoms with Crippen LogP contribution in [0, 0.1) is 0 Å². The van der Waals surface area contributed by atoms with E-state index in [1.165, 1.54) is 16.9 Å². The van der Waals surface area contributed by atoms with Gasteiger partial charge in [0.25, 0.3) is 5.56 Å². The van der Waals surface area contributed by atoms with Gasteiger partial charge in [-0.3, -0.25) is 4.79 Å². The Labute approximate surface area is 201 Å². The van der Waals surface area contributed by atoms with Gasteiger partial charge in [0.1, 0.15) is 26.8 Å². The minimum Gasteiger partial charge on any atom is -0.309 e. The maximum absolute atomic E-state index is 12.9. The third kappa shape index (κ3) is 3.86. The summed E-state index contributed by atoms with van der Waals surface area (Å²) in [6.07, 6.45) is 1.60. The van der Waals surface area contributed by atoms with Gasteiger partial charge in [0.05, 0.1) is 11.1 Å². The molecule has 160 valence electrons. The van der Waals surface area contributed by atoms with Gasteiger partial charge in [0, 0.05) is 21.2 Å². The number of thioether (sulfide) groups is 1. The van der Waals surface area contributed by atoms with Crippen molar-refractivity contribution in [3.63, 3.8) is 0 Å². The number of thiophene rings is 2. The lowest BCUT2D eigenvalue weighted by Crippen LogP contribution is -2.10. The fourth-order valence-electron chi connectivity index (χ4n) is 3.72. The third-order valence-corrected chi connectivity index (χ3v) is 8.26. The predicted octanol–water partition coefficient (Wildman–Crippen LogP) is 6.62. The van der Waals surface area contributed by atoms with E-state index in [0.29, 0.717) is 17.0 Å². The van der Waals surface area contributed by atoms with Crippen LogP contribution in [0.2, 0.25) is 0 Å². The van der Waals surface area contributed by atoms with E-state index < -0.39 is 0 Å². The van der Waals surface area contributed by atoms with E-state index in [9.17, 15) is 4.79 Å². The highest BCUT2D eigenvalue weighted by atomic mass is 32.2. The molecule has 4 heterocycles. The Morgan fingerprint density at radius 1 is 0.909 bits per heavy atom. The topological polar surface area (TPSA) is 71.5 Å². The molecule has 0 saturated heterocycles. The molecule has 0 atom stereocenters. The van der Waals surface area contributed by atoms with Crippen molar-refractivity contribution in [2.45, 2.75) is 10.8 Å². The number of rotatable bonds is 5. The molecule has 0 aliphatic rings. The number of aromatic amines is 1. The van der Waals surface area contributed by atoms with Crippen LogP contribution in [0.3, 0.4) is 0 Å². The molecule has 6 aromatic rings. The SMILES string of the molecule is O=c1[nH]c(CSc2ncnc3sc(-c4ccccc4)cc23)nc2scc(-c3ccccc3)c12. The van der Waals surface area contributed by atoms with E-state index in [-0.39, 0.29) is 5.56 Å². The Bertz CT molecular complexity index is 1640. The standard InChI is InChI=1S/C25H16N4OS3/c30-22-21-18(15-7-3-1-4-8-15)12-31-25(21)29-20(28-22)13-32-23-17-11-19(16-9-5-2-6-10-16)33-24(17)27-14-26-23/h1-12,14H,13H2,(H,28,29,30). The average molecular weight is 485 g/mol. The first kappa shape index (κ1) is 20.3. The highest BCUT2D eigenvalue weighted by Gasteiger charge is 2.15. The van der Waals surface area contributed by atoms with Crippen LogP contribution in [0.15, 0.2) is 88.3 Å². The molecule has 0 aliphatic heterocycles. The van der Waals surface area contributed by atoms with Crippen LogP contribution in [-0.4, -0.2) is 19.9 Å². The van der Waals surface area contributed by atoms with Crippen LogP contribution < -0.4 is 5.56 Å². The number of aromatic nitrogens is 4. The Morgan fingerprint density at radius 2 is 1.67 bits per heavy atom. The minimum atomic E-state index is -0.106. The number of benzene rings is 2. The third-order valence-electron chi connectivity index (χ3n) is 5.27. The van der Waals surface area contributed by atoms with Gasteiger partial charge >= 0.3 is 0 Å². The molecule has 0 fully saturated rings. The van der Waals surface area contributed by atoms with Gasteiger partial charge in [-0.05, 0) is 17.2 Å². The van der Waals surface area contributed by atoms with Gasteiger partial charge in [0.15, 0.2) is 0 Å². The molecule has 0 spiro atoms. The van der Waals surface area contributed by atoms with Gasteiger partial charge in [-0.1, -0.05) is 72.4 Å². The normalized spacial score (nSPS) is 11.4. The summed E-state index contributed by atoms with van der Waals surface area (Å²) in [5.74, 6) is 1.16. The summed E-state index contributed by atoms with van der Waals surface area (Å²) in [4.78, 5) is 32.4. The largest absolute Gasteiger partial charge is 0.309 e. The molecular formula is C25H16N4OS3. The Hall–Kier alpha value is -3.33. The summed E-state index contributed by atoms with van der Waals surface area (Å²) < 4.78 is 0. The van der Waals surface area contributed by atoms with Gasteiger partial charge < -0.3 is 4.98 Å². The lowest BCUT2D eigenvalue weighted by Gasteiger charge is -2.03. The molecule has 0 radical (unpaired) electrons. The van der Waals surface area contributed by atoms with Crippen molar-refractivity contribution in [2.75, 3.05) is 0 Å². The van der Waals surface area contributed by atoms with Crippen LogP contribution >= 0.6 is 34.4 Å². The average Bonchev–Trinajstić information content (AvgIpc) is 3.49. The summed E-state index contributed by atoms with van der Waals surface area (Å²) in [6.45, 7) is 0. The summed E-state index contributed by atoms with van der Waals surface area (Å²) in [5.41, 5.74) is 3.01. The fourth-order valence-corrected chi connectivity index (χ4v) is 6.60. The van der Waals surface area contributed by atoms with Crippen molar-refractivity contribution in [1.29, 1.82) is 0 Å². The fraction of sp³-hybridized carbons (Fsp3) is 0.0400. The molecule has 2 aromatic carbocycles. The smallest absolute Gasteiger partial charge is 0.260 e. The lowest BCUT2D eigenvalue weighted by atomic mass is 10.1. The van der Waals surface area contributed by atoms with Crippen molar-refractivity contribution in [3.05, 3.63) is 94.6 Å². The van der Waals surface area contributed by atoms with Crippen LogP contribution in [-0.2, 0) is 5.75 Å². The number of nitrogens with one attached hydrogen (secondary N) is 1. The van der Waals surface area contributed by atoms with Crippen LogP contribution in [0.25, 0.3) is 42.0 Å². The molecule has 6 rings (SSSR count). The van der Waals surface area contributed by atoms with Crippen molar-refractivity contribution in [1.82, 2.24) is 19.9 Å². The Balaban J connectivity index is 1.31. The van der Waals surface area contributed by atoms with E-state index in [1.54, 1.807) is 29.4 Å². The molecule has 0 aliphatic carbocycles. The summed E-state index contributed by atoms with van der Waals surface area (Å²) in [6, 6.07) is 22.4. The quantitative estimate of drug-likeness (QED) is 0.220. The zero-order valence-corrected chi connectivity index (χ0v) is 19.6. The van der Waals surface area contributed by atoms with E-state index >= 15 is 0 Å². The first-order chi connectivity index (χ1) is 16.3. The lowest BCUT2D eigenvalue weighted by molar-refractivity contribution is 1.04. The summed E-state index contributed by atoms with van der Waals surface area (Å²) in [5, 5.41) is 4.56. The van der Waals surface area contributed by atoms with E-state index in [1.807, 2.05) is 53.9 Å². The maximum Gasteiger partial charge on any atom is 0.260 e. The maximum atomic E-state index is 12.9. The summed E-state index contributed by atoms with van der Waals surface area (Å²) in [7, 11) is 0. The van der Waals surface area contributed by atoms with Crippen molar-refractivity contribution < 1.29 is 0 Å². The van der Waals surface area contributed by atoms with E-state index in [2.05, 4.69) is 33.2 Å². The molecule has 1 N–H and O–H groups in total. The van der Waals surface area contributed by atoms with Gasteiger partial charge in [-0.2, -0.15) is 0 Å². The van der Waals surface area contributed by atoms with E-state index in [0.717, 1.165) is 36.1 Å². The van der Waals surface area contributed by atoms with Gasteiger partial charge in [-0.25, -0.2) is 15.0 Å². The number of hydrogen-bond donors (Lipinski definition) is 1. The van der Waals surface area contributed by atoms with Crippen molar-refractivity contribution in [2.24, 2.45) is 0 Å². The summed E-state index contributed by atoms with van der Waals surface area (Å²) >= 11 is 4.71. The number of fused-ring (bicyclic) bond motifs is 2. The number of hydrogen-bond acceptors (Lipinski definition) is 7. The monoisotopic (exact) mass is 484 g/mol. The number of nitrogens with zero attached hydrogens (tertiary/aromatic N) is 3. The molecule has 0 unspecified atom stereocenters. The van der Waals surface area contributed by atoms with E-state index in [4.69, 9.17) is 4.98 Å². The zero-order chi connectivity index (χ0) is 22.2. The molecule has 4 aromatic heterocycles. The molecule has 8 heteroatoms. The van der Waals surface area contributed by atoms with Crippen LogP contribution in [0.5, 0.6) is 0 Å². The Morgan fingerprint density at radius 3 is 2.45 bits per heavy atom. The zero-order valence-electron chi connectivity index (χ0n) is 17.2. The highest BCUT2D eigenvalue weighted by molar-refractivity contribution is 7.98. The van der Waals surface area contributed by atoms with Crippen molar-refractivity contribution in [3.8, 4) is 21.6 Å². The predicted molar refractivity (Wildman–Crippen MR) is 138 cm³/mol. The first-order valence-corrected chi connectivity index (χ1v) is 12.9. The Kier molecular flexibility index (Phi) is 5.26. The van der Waals surface area contributed by atoms with Crippen LogP contribution in [0.4, 0.5) is 0 Å². The molecule has 33 heavy (non-hydrogen) atoms. The number of H-pyrrole nitrogens is 1. The second kappa shape index (κ2) is 8.55. The minimum absolute atomic E-state index is 0.106. The van der Waals surface area contributed by atoms with Gasteiger partial charge in [-0.15, -0.1) is 22.7 Å². The molecule has 0 amide bonds. The van der Waals surface area contributed by atoms with Gasteiger partial charge in [0.2, 0.25) is 0 Å². The molecule has 0 saturated carbocycles. The second-order valence-corrected chi connectivity index (χ2v) is 10.2. The van der Waals surface area contributed by atoms with Crippen molar-refractivity contribution >= 4 is 54.9 Å². The first-order valence-electron chi connectivity index (χ1n) is 10.2. The molecule has 0 bridgehead atoms. The highest BCUT2D eigenvalue weighted by Crippen LogP contribution is 2.37. The second-order valence-electron chi connectivity index (χ2n) is 7.37. The molecule has 5 nitrogen and oxygen atoms in total. The molecular weight excluding hydrogens is 469 g/mol.